The Kier molecular flexibility index (Phi) is 3.30. The summed E-state index contributed by atoms with van der Waals surface area (Å²) >= 11 is 0. The van der Waals surface area contributed by atoms with E-state index in [2.05, 4.69) is 11.4 Å². The lowest BCUT2D eigenvalue weighted by Crippen LogP contribution is -2.38. The van der Waals surface area contributed by atoms with Gasteiger partial charge in [-0.2, -0.15) is 0 Å². The molecule has 2 fully saturated rings. The molecule has 1 aliphatic heterocycles. The Labute approximate surface area is 98.4 Å². The Balaban J connectivity index is 1.53. The van der Waals surface area contributed by atoms with Crippen molar-refractivity contribution in [3.8, 4) is 0 Å². The number of rotatable bonds is 2. The summed E-state index contributed by atoms with van der Waals surface area (Å²) in [6, 6.07) is 1.54. The Morgan fingerprint density at radius 1 is 1.12 bits per heavy atom. The van der Waals surface area contributed by atoms with Gasteiger partial charge >= 0.3 is 0 Å². The lowest BCUT2D eigenvalue weighted by atomic mass is 9.94. The molecule has 90 valence electrons. The fourth-order valence-electron chi connectivity index (χ4n) is 3.56. The molecule has 0 aromatic rings. The molecule has 16 heavy (non-hydrogen) atoms. The molecule has 3 aliphatic rings. The summed E-state index contributed by atoms with van der Waals surface area (Å²) in [5, 5.41) is 3.88. The predicted molar refractivity (Wildman–Crippen MR) is 65.4 cm³/mol. The van der Waals surface area contributed by atoms with E-state index in [1.807, 2.05) is 0 Å². The van der Waals surface area contributed by atoms with Crippen LogP contribution in [0.15, 0.2) is 11.6 Å². The first-order valence-electron chi connectivity index (χ1n) is 6.94. The summed E-state index contributed by atoms with van der Waals surface area (Å²) in [4.78, 5) is 0. The van der Waals surface area contributed by atoms with E-state index in [1.54, 1.807) is 5.57 Å². The second-order valence-electron chi connectivity index (χ2n) is 5.65. The van der Waals surface area contributed by atoms with Gasteiger partial charge in [-0.3, -0.25) is 0 Å². The van der Waals surface area contributed by atoms with Gasteiger partial charge in [0.05, 0.1) is 13.2 Å². The molecule has 1 N–H and O–H groups in total. The van der Waals surface area contributed by atoms with Gasteiger partial charge in [0.15, 0.2) is 0 Å². The molecular formula is C14H23NO. The van der Waals surface area contributed by atoms with Crippen molar-refractivity contribution in [3.05, 3.63) is 11.6 Å². The van der Waals surface area contributed by atoms with Gasteiger partial charge in [0.25, 0.3) is 0 Å². The lowest BCUT2D eigenvalue weighted by molar-refractivity contribution is 0.121. The molecule has 0 amide bonds. The summed E-state index contributed by atoms with van der Waals surface area (Å²) in [5.74, 6) is 0.731. The van der Waals surface area contributed by atoms with E-state index in [1.165, 1.54) is 44.9 Å². The fraction of sp³-hybridized carbons (Fsp3) is 0.857. The first kappa shape index (κ1) is 10.8. The van der Waals surface area contributed by atoms with Crippen LogP contribution in [-0.2, 0) is 4.74 Å². The number of hydrogen-bond donors (Lipinski definition) is 1. The van der Waals surface area contributed by atoms with Gasteiger partial charge in [0.2, 0.25) is 0 Å². The number of hydrogen-bond acceptors (Lipinski definition) is 2. The highest BCUT2D eigenvalue weighted by molar-refractivity contribution is 5.17. The number of fused-ring (bicyclic) bond motifs is 1. The molecule has 2 heteroatoms. The van der Waals surface area contributed by atoms with Gasteiger partial charge in [0, 0.05) is 18.0 Å². The van der Waals surface area contributed by atoms with E-state index in [9.17, 15) is 0 Å². The molecule has 2 atom stereocenters. The van der Waals surface area contributed by atoms with E-state index in [4.69, 9.17) is 4.74 Å². The second kappa shape index (κ2) is 4.89. The molecule has 3 rings (SSSR count). The highest BCUT2D eigenvalue weighted by atomic mass is 16.5. The Bertz CT molecular complexity index is 268. The minimum Gasteiger partial charge on any atom is -0.377 e. The molecule has 0 radical (unpaired) electrons. The third kappa shape index (κ3) is 2.33. The SMILES string of the molecule is C1=C2C[C@@H](NC3CCCCC3)C[C@H]2COC1. The largest absolute Gasteiger partial charge is 0.377 e. The van der Waals surface area contributed by atoms with Crippen molar-refractivity contribution in [2.75, 3.05) is 13.2 Å². The van der Waals surface area contributed by atoms with Crippen LogP contribution in [0.3, 0.4) is 0 Å². The molecule has 0 aromatic carbocycles. The third-order valence-corrected chi connectivity index (χ3v) is 4.43. The van der Waals surface area contributed by atoms with Crippen LogP contribution in [0.2, 0.25) is 0 Å². The second-order valence-corrected chi connectivity index (χ2v) is 5.65. The molecule has 1 heterocycles. The summed E-state index contributed by atoms with van der Waals surface area (Å²) < 4.78 is 5.52. The molecular weight excluding hydrogens is 198 g/mol. The van der Waals surface area contributed by atoms with Crippen molar-refractivity contribution in [2.24, 2.45) is 5.92 Å². The van der Waals surface area contributed by atoms with E-state index in [-0.39, 0.29) is 0 Å². The average molecular weight is 221 g/mol. The van der Waals surface area contributed by atoms with Crippen LogP contribution in [0.5, 0.6) is 0 Å². The number of nitrogens with one attached hydrogen (secondary N) is 1. The standard InChI is InChI=1S/C14H23NO/c1-2-4-13(5-3-1)15-14-8-11-6-7-16-10-12(11)9-14/h6,12-15H,1-5,7-10H2/t12-,14+/m0/s1. The Morgan fingerprint density at radius 3 is 2.81 bits per heavy atom. The molecule has 0 spiro atoms. The van der Waals surface area contributed by atoms with Crippen LogP contribution < -0.4 is 5.32 Å². The van der Waals surface area contributed by atoms with Gasteiger partial charge in [-0.25, -0.2) is 0 Å². The first-order chi connectivity index (χ1) is 7.92. The monoisotopic (exact) mass is 221 g/mol. The molecule has 2 saturated carbocycles. The van der Waals surface area contributed by atoms with Crippen LogP contribution in [0.1, 0.15) is 44.9 Å². The topological polar surface area (TPSA) is 21.3 Å². The predicted octanol–water partition coefficient (Wildman–Crippen LogP) is 2.64. The normalized spacial score (nSPS) is 35.9. The van der Waals surface area contributed by atoms with Crippen molar-refractivity contribution in [1.82, 2.24) is 5.32 Å². The van der Waals surface area contributed by atoms with Crippen LogP contribution in [0.4, 0.5) is 0 Å². The van der Waals surface area contributed by atoms with E-state index >= 15 is 0 Å². The van der Waals surface area contributed by atoms with Gasteiger partial charge in [0.1, 0.15) is 0 Å². The maximum absolute atomic E-state index is 5.52. The minimum absolute atomic E-state index is 0.731. The summed E-state index contributed by atoms with van der Waals surface area (Å²) in [6.45, 7) is 1.82. The van der Waals surface area contributed by atoms with Crippen molar-refractivity contribution >= 4 is 0 Å². The summed E-state index contributed by atoms with van der Waals surface area (Å²) in [5.41, 5.74) is 1.67. The van der Waals surface area contributed by atoms with Gasteiger partial charge in [-0.05, 0) is 25.7 Å². The van der Waals surface area contributed by atoms with E-state index < -0.39 is 0 Å². The van der Waals surface area contributed by atoms with Crippen LogP contribution in [-0.4, -0.2) is 25.3 Å². The lowest BCUT2D eigenvalue weighted by Gasteiger charge is -2.26. The van der Waals surface area contributed by atoms with Gasteiger partial charge < -0.3 is 10.1 Å². The number of ether oxygens (including phenoxy) is 1. The molecule has 2 nitrogen and oxygen atoms in total. The summed E-state index contributed by atoms with van der Waals surface area (Å²) in [6.07, 6.45) is 12.0. The molecule has 0 bridgehead atoms. The average Bonchev–Trinajstić information content (AvgIpc) is 2.72. The molecule has 0 unspecified atom stereocenters. The smallest absolute Gasteiger partial charge is 0.0650 e. The van der Waals surface area contributed by atoms with Crippen molar-refractivity contribution < 1.29 is 4.74 Å². The molecule has 2 aliphatic carbocycles. The van der Waals surface area contributed by atoms with Crippen LogP contribution in [0.25, 0.3) is 0 Å². The maximum Gasteiger partial charge on any atom is 0.0650 e. The van der Waals surface area contributed by atoms with E-state index in [0.29, 0.717) is 0 Å². The molecule has 0 aromatic heterocycles. The first-order valence-corrected chi connectivity index (χ1v) is 6.94. The van der Waals surface area contributed by atoms with Crippen LogP contribution in [0, 0.1) is 5.92 Å². The highest BCUT2D eigenvalue weighted by Crippen LogP contribution is 2.34. The Morgan fingerprint density at radius 2 is 2.00 bits per heavy atom. The third-order valence-electron chi connectivity index (χ3n) is 4.43. The minimum atomic E-state index is 0.731. The zero-order valence-electron chi connectivity index (χ0n) is 10.1. The fourth-order valence-corrected chi connectivity index (χ4v) is 3.56. The highest BCUT2D eigenvalue weighted by Gasteiger charge is 2.32. The van der Waals surface area contributed by atoms with Crippen molar-refractivity contribution in [1.29, 1.82) is 0 Å². The van der Waals surface area contributed by atoms with Gasteiger partial charge in [-0.1, -0.05) is 30.9 Å². The molecule has 0 saturated heterocycles. The maximum atomic E-state index is 5.52. The zero-order valence-corrected chi connectivity index (χ0v) is 10.1. The van der Waals surface area contributed by atoms with E-state index in [0.717, 1.165) is 31.2 Å². The van der Waals surface area contributed by atoms with Crippen LogP contribution >= 0.6 is 0 Å². The van der Waals surface area contributed by atoms with Crippen molar-refractivity contribution in [3.63, 3.8) is 0 Å². The van der Waals surface area contributed by atoms with Crippen molar-refractivity contribution in [2.45, 2.75) is 57.0 Å². The quantitative estimate of drug-likeness (QED) is 0.724. The zero-order chi connectivity index (χ0) is 10.8. The summed E-state index contributed by atoms with van der Waals surface area (Å²) in [7, 11) is 0. The van der Waals surface area contributed by atoms with Gasteiger partial charge in [-0.15, -0.1) is 0 Å². The Hall–Kier alpha value is -0.340.